The van der Waals surface area contributed by atoms with Crippen LogP contribution >= 0.6 is 0 Å². The van der Waals surface area contributed by atoms with Crippen LogP contribution in [0.25, 0.3) is 0 Å². The molecule has 0 bridgehead atoms. The third kappa shape index (κ3) is 2.95. The summed E-state index contributed by atoms with van der Waals surface area (Å²) in [5.41, 5.74) is 6.73. The lowest BCUT2D eigenvalue weighted by Gasteiger charge is -2.36. The average Bonchev–Trinajstić information content (AvgIpc) is 2.90. The van der Waals surface area contributed by atoms with E-state index in [4.69, 9.17) is 10.5 Å². The van der Waals surface area contributed by atoms with Gasteiger partial charge in [-0.2, -0.15) is 4.98 Å². The number of anilines is 2. The van der Waals surface area contributed by atoms with Crippen LogP contribution in [0.2, 0.25) is 0 Å². The molecule has 1 aliphatic carbocycles. The largest absolute Gasteiger partial charge is 0.476 e. The number of aromatic nitrogens is 2. The maximum Gasteiger partial charge on any atom is 0.242 e. The second kappa shape index (κ2) is 6.26. The lowest BCUT2D eigenvalue weighted by atomic mass is 9.96. The summed E-state index contributed by atoms with van der Waals surface area (Å²) >= 11 is 0. The molecule has 0 aliphatic heterocycles. The highest BCUT2D eigenvalue weighted by Gasteiger charge is 2.35. The Morgan fingerprint density at radius 1 is 1.35 bits per heavy atom. The lowest BCUT2D eigenvalue weighted by Crippen LogP contribution is -2.47. The first-order valence-electron chi connectivity index (χ1n) is 7.23. The second-order valence-electron chi connectivity index (χ2n) is 5.55. The first kappa shape index (κ1) is 14.8. The van der Waals surface area contributed by atoms with E-state index in [1.807, 2.05) is 6.92 Å². The highest BCUT2D eigenvalue weighted by atomic mass is 16.5. The molecular formula is C14H25N5O. The van der Waals surface area contributed by atoms with Crippen LogP contribution in [-0.4, -0.2) is 47.7 Å². The predicted molar refractivity (Wildman–Crippen MR) is 81.0 cm³/mol. The topological polar surface area (TPSA) is 76.3 Å². The molecule has 0 spiro atoms. The molecule has 1 saturated carbocycles. The van der Waals surface area contributed by atoms with Crippen LogP contribution in [0.1, 0.15) is 32.6 Å². The van der Waals surface area contributed by atoms with Crippen LogP contribution in [0.4, 0.5) is 11.5 Å². The standard InChI is InChI=1S/C14H25N5O/c1-4-20-13-11(15)12(17-10-18-13)16-9-14(19(2)3)7-5-6-8-14/h10H,4-9,15H2,1-3H3,(H,16,17,18). The van der Waals surface area contributed by atoms with Crippen molar-refractivity contribution < 1.29 is 4.74 Å². The average molecular weight is 279 g/mol. The van der Waals surface area contributed by atoms with Gasteiger partial charge in [0.25, 0.3) is 0 Å². The van der Waals surface area contributed by atoms with Gasteiger partial charge in [-0.05, 0) is 33.9 Å². The Morgan fingerprint density at radius 3 is 2.65 bits per heavy atom. The zero-order chi connectivity index (χ0) is 14.6. The summed E-state index contributed by atoms with van der Waals surface area (Å²) < 4.78 is 5.40. The van der Waals surface area contributed by atoms with Crippen molar-refractivity contribution in [3.63, 3.8) is 0 Å². The van der Waals surface area contributed by atoms with Gasteiger partial charge in [0, 0.05) is 12.1 Å². The van der Waals surface area contributed by atoms with Crippen LogP contribution in [0, 0.1) is 0 Å². The number of hydrogen-bond donors (Lipinski definition) is 2. The fourth-order valence-corrected chi connectivity index (χ4v) is 2.84. The summed E-state index contributed by atoms with van der Waals surface area (Å²) in [7, 11) is 4.28. The number of likely N-dealkylation sites (N-methyl/N-ethyl adjacent to an activating group) is 1. The fraction of sp³-hybridized carbons (Fsp3) is 0.714. The van der Waals surface area contributed by atoms with Gasteiger partial charge < -0.3 is 20.7 Å². The van der Waals surface area contributed by atoms with E-state index >= 15 is 0 Å². The van der Waals surface area contributed by atoms with Crippen LogP contribution in [-0.2, 0) is 0 Å². The van der Waals surface area contributed by atoms with Crippen molar-refractivity contribution >= 4 is 11.5 Å². The van der Waals surface area contributed by atoms with Crippen molar-refractivity contribution in [2.24, 2.45) is 0 Å². The number of ether oxygens (including phenoxy) is 1. The molecule has 6 nitrogen and oxygen atoms in total. The van der Waals surface area contributed by atoms with E-state index < -0.39 is 0 Å². The van der Waals surface area contributed by atoms with Gasteiger partial charge in [-0.3, -0.25) is 0 Å². The highest BCUT2D eigenvalue weighted by molar-refractivity contribution is 5.66. The van der Waals surface area contributed by atoms with E-state index in [9.17, 15) is 0 Å². The van der Waals surface area contributed by atoms with Gasteiger partial charge in [0.2, 0.25) is 5.88 Å². The smallest absolute Gasteiger partial charge is 0.242 e. The van der Waals surface area contributed by atoms with Crippen molar-refractivity contribution in [2.45, 2.75) is 38.1 Å². The van der Waals surface area contributed by atoms with Gasteiger partial charge >= 0.3 is 0 Å². The molecule has 0 saturated heterocycles. The predicted octanol–water partition coefficient (Wildman–Crippen LogP) is 1.74. The minimum absolute atomic E-state index is 0.198. The highest BCUT2D eigenvalue weighted by Crippen LogP contribution is 2.34. The van der Waals surface area contributed by atoms with Crippen molar-refractivity contribution in [3.8, 4) is 5.88 Å². The van der Waals surface area contributed by atoms with Crippen molar-refractivity contribution in [3.05, 3.63) is 6.33 Å². The molecule has 3 N–H and O–H groups in total. The maximum absolute atomic E-state index is 6.05. The summed E-state index contributed by atoms with van der Waals surface area (Å²) in [6, 6.07) is 0. The number of nitrogens with zero attached hydrogens (tertiary/aromatic N) is 3. The lowest BCUT2D eigenvalue weighted by molar-refractivity contribution is 0.172. The summed E-state index contributed by atoms with van der Waals surface area (Å²) in [6.07, 6.45) is 6.46. The minimum Gasteiger partial charge on any atom is -0.476 e. The molecule has 1 aromatic heterocycles. The Labute approximate surface area is 120 Å². The first-order valence-corrected chi connectivity index (χ1v) is 7.23. The maximum atomic E-state index is 6.05. The molecule has 0 unspecified atom stereocenters. The van der Waals surface area contributed by atoms with Gasteiger partial charge in [0.1, 0.15) is 12.0 Å². The van der Waals surface area contributed by atoms with Gasteiger partial charge in [-0.1, -0.05) is 12.8 Å². The van der Waals surface area contributed by atoms with E-state index in [0.29, 0.717) is 24.0 Å². The van der Waals surface area contributed by atoms with Crippen molar-refractivity contribution in [2.75, 3.05) is 38.3 Å². The fourth-order valence-electron chi connectivity index (χ4n) is 2.84. The number of nitrogens with one attached hydrogen (secondary N) is 1. The molecule has 2 rings (SSSR count). The SMILES string of the molecule is CCOc1ncnc(NCC2(N(C)C)CCCC2)c1N. The van der Waals surface area contributed by atoms with E-state index in [0.717, 1.165) is 6.54 Å². The van der Waals surface area contributed by atoms with Gasteiger partial charge in [0.05, 0.1) is 6.61 Å². The summed E-state index contributed by atoms with van der Waals surface area (Å²) in [4.78, 5) is 10.6. The van der Waals surface area contributed by atoms with E-state index in [2.05, 4.69) is 34.3 Å². The van der Waals surface area contributed by atoms with Crippen LogP contribution < -0.4 is 15.8 Å². The third-order valence-corrected chi connectivity index (χ3v) is 4.20. The Kier molecular flexibility index (Phi) is 4.65. The van der Waals surface area contributed by atoms with Crippen molar-refractivity contribution in [1.29, 1.82) is 0 Å². The molecule has 0 aromatic carbocycles. The van der Waals surface area contributed by atoms with Gasteiger partial charge in [-0.15, -0.1) is 0 Å². The van der Waals surface area contributed by atoms with Crippen LogP contribution in [0.15, 0.2) is 6.33 Å². The van der Waals surface area contributed by atoms with Crippen LogP contribution in [0.3, 0.4) is 0 Å². The van der Waals surface area contributed by atoms with Crippen molar-refractivity contribution in [1.82, 2.24) is 14.9 Å². The molecule has 1 aromatic rings. The molecule has 20 heavy (non-hydrogen) atoms. The molecule has 6 heteroatoms. The second-order valence-corrected chi connectivity index (χ2v) is 5.55. The van der Waals surface area contributed by atoms with E-state index in [1.54, 1.807) is 0 Å². The molecule has 1 aliphatic rings. The molecule has 112 valence electrons. The normalized spacial score (nSPS) is 17.4. The molecule has 1 fully saturated rings. The third-order valence-electron chi connectivity index (χ3n) is 4.20. The zero-order valence-corrected chi connectivity index (χ0v) is 12.6. The molecular weight excluding hydrogens is 254 g/mol. The number of nitrogen functional groups attached to an aromatic ring is 1. The molecule has 0 radical (unpaired) electrons. The molecule has 0 atom stereocenters. The Morgan fingerprint density at radius 2 is 2.05 bits per heavy atom. The first-order chi connectivity index (χ1) is 9.59. The van der Waals surface area contributed by atoms with E-state index in [-0.39, 0.29) is 5.54 Å². The summed E-state index contributed by atoms with van der Waals surface area (Å²) in [5, 5.41) is 3.38. The number of nitrogens with two attached hydrogens (primary N) is 1. The van der Waals surface area contributed by atoms with Crippen LogP contribution in [0.5, 0.6) is 5.88 Å². The van der Waals surface area contributed by atoms with Gasteiger partial charge in [-0.25, -0.2) is 4.98 Å². The Balaban J connectivity index is 2.08. The van der Waals surface area contributed by atoms with E-state index in [1.165, 1.54) is 32.0 Å². The summed E-state index contributed by atoms with van der Waals surface area (Å²) in [5.74, 6) is 1.12. The zero-order valence-electron chi connectivity index (χ0n) is 12.6. The molecule has 0 amide bonds. The van der Waals surface area contributed by atoms with Gasteiger partial charge in [0.15, 0.2) is 5.82 Å². The Bertz CT molecular complexity index is 443. The minimum atomic E-state index is 0.198. The number of rotatable bonds is 6. The monoisotopic (exact) mass is 279 g/mol. The molecule has 1 heterocycles. The number of hydrogen-bond acceptors (Lipinski definition) is 6. The quantitative estimate of drug-likeness (QED) is 0.826. The summed E-state index contributed by atoms with van der Waals surface area (Å²) in [6.45, 7) is 3.29. The Hall–Kier alpha value is -1.56.